The number of benzene rings is 2. The number of rotatable bonds is 3. The van der Waals surface area contributed by atoms with Gasteiger partial charge in [0.05, 0.1) is 11.0 Å². The minimum Gasteiger partial charge on any atom is -0.462 e. The number of nitriles is 2. The number of allylic oxidation sites excluding steroid dienone is 3. The fourth-order valence-corrected chi connectivity index (χ4v) is 5.32. The molecule has 0 aliphatic heterocycles. The Balaban J connectivity index is 1.62. The van der Waals surface area contributed by atoms with E-state index in [1.54, 1.807) is 36.6 Å². The average Bonchev–Trinajstić information content (AvgIpc) is 3.66. The Hall–Kier alpha value is -4.98. The molecule has 0 fully saturated rings. The number of furan rings is 1. The van der Waals surface area contributed by atoms with Crippen LogP contribution >= 0.6 is 11.3 Å². The Morgan fingerprint density at radius 2 is 1.71 bits per heavy atom. The molecule has 164 valence electrons. The number of ketones is 1. The van der Waals surface area contributed by atoms with Crippen molar-refractivity contribution in [1.82, 2.24) is 9.55 Å². The summed E-state index contributed by atoms with van der Waals surface area (Å²) in [5.74, 6) is 0.469. The smallest absolute Gasteiger partial charge is 0.194 e. The Morgan fingerprint density at radius 3 is 2.43 bits per heavy atom. The molecule has 7 heteroatoms. The van der Waals surface area contributed by atoms with E-state index in [1.165, 1.54) is 11.3 Å². The molecule has 35 heavy (non-hydrogen) atoms. The van der Waals surface area contributed by atoms with Gasteiger partial charge in [0.1, 0.15) is 17.7 Å². The van der Waals surface area contributed by atoms with E-state index in [2.05, 4.69) is 0 Å². The van der Waals surface area contributed by atoms with Crippen molar-refractivity contribution in [2.75, 3.05) is 0 Å². The zero-order chi connectivity index (χ0) is 23.9. The van der Waals surface area contributed by atoms with E-state index >= 15 is 0 Å². The third-order valence-electron chi connectivity index (χ3n) is 5.85. The first kappa shape index (κ1) is 20.6. The number of fused-ring (bicyclic) bond motifs is 2. The van der Waals surface area contributed by atoms with E-state index in [-0.39, 0.29) is 11.4 Å². The number of para-hydroxylation sites is 1. The molecule has 3 heterocycles. The predicted molar refractivity (Wildman–Crippen MR) is 134 cm³/mol. The topological polar surface area (TPSA) is 95.6 Å². The molecule has 0 saturated carbocycles. The summed E-state index contributed by atoms with van der Waals surface area (Å²) in [4.78, 5) is 18.2. The number of carbonyl (C=O) groups is 1. The summed E-state index contributed by atoms with van der Waals surface area (Å²) < 4.78 is 8.42. The van der Waals surface area contributed by atoms with Crippen LogP contribution < -0.4 is 0 Å². The molecule has 1 aliphatic carbocycles. The van der Waals surface area contributed by atoms with Crippen LogP contribution in [0.3, 0.4) is 0 Å². The van der Waals surface area contributed by atoms with Crippen molar-refractivity contribution in [1.29, 1.82) is 10.5 Å². The molecule has 0 unspecified atom stereocenters. The summed E-state index contributed by atoms with van der Waals surface area (Å²) >= 11 is 1.49. The first-order valence-corrected chi connectivity index (χ1v) is 11.5. The summed E-state index contributed by atoms with van der Waals surface area (Å²) in [5, 5.41) is 20.0. The molecule has 6 rings (SSSR count). The quantitative estimate of drug-likeness (QED) is 0.224. The van der Waals surface area contributed by atoms with Crippen LogP contribution in [-0.4, -0.2) is 15.3 Å². The van der Waals surface area contributed by atoms with E-state index < -0.39 is 0 Å². The maximum Gasteiger partial charge on any atom is 0.194 e. The molecule has 0 saturated heterocycles. The molecule has 3 aromatic heterocycles. The number of hydrogen-bond acceptors (Lipinski definition) is 6. The first-order chi connectivity index (χ1) is 17.2. The second-order valence-electron chi connectivity index (χ2n) is 7.83. The summed E-state index contributed by atoms with van der Waals surface area (Å²) in [6, 6.07) is 26.4. The van der Waals surface area contributed by atoms with Crippen LogP contribution in [0.5, 0.6) is 0 Å². The van der Waals surface area contributed by atoms with Gasteiger partial charge in [0.25, 0.3) is 0 Å². The van der Waals surface area contributed by atoms with Gasteiger partial charge in [0, 0.05) is 28.1 Å². The van der Waals surface area contributed by atoms with Crippen molar-refractivity contribution in [2.24, 2.45) is 0 Å². The molecular weight excluding hydrogens is 456 g/mol. The van der Waals surface area contributed by atoms with Crippen molar-refractivity contribution >= 4 is 39.1 Å². The summed E-state index contributed by atoms with van der Waals surface area (Å²) in [7, 11) is 0. The molecule has 5 aromatic rings. The largest absolute Gasteiger partial charge is 0.462 e. The highest BCUT2D eigenvalue weighted by Crippen LogP contribution is 2.41. The average molecular weight is 471 g/mol. The van der Waals surface area contributed by atoms with Gasteiger partial charge in [-0.3, -0.25) is 9.36 Å². The first-order valence-electron chi connectivity index (χ1n) is 10.7. The zero-order valence-electron chi connectivity index (χ0n) is 18.1. The highest BCUT2D eigenvalue weighted by atomic mass is 32.1. The maximum atomic E-state index is 13.4. The van der Waals surface area contributed by atoms with Gasteiger partial charge in [-0.2, -0.15) is 10.5 Å². The van der Waals surface area contributed by atoms with Crippen LogP contribution in [0.4, 0.5) is 0 Å². The number of hydrogen-bond donors (Lipinski definition) is 0. The van der Waals surface area contributed by atoms with Gasteiger partial charge in [0.15, 0.2) is 22.2 Å². The maximum absolute atomic E-state index is 13.4. The zero-order valence-corrected chi connectivity index (χ0v) is 18.9. The minimum absolute atomic E-state index is 0.0904. The van der Waals surface area contributed by atoms with Crippen LogP contribution in [0.25, 0.3) is 38.5 Å². The lowest BCUT2D eigenvalue weighted by atomic mass is 9.99. The standard InChI is InChI=1S/C28H14N4O2S/c29-15-17(16-30)25-20-9-4-5-10-21(20)26(33)22(25)13-19-14-24-27(32(19)18-7-2-1-3-8-18)31-28(35-24)23-11-6-12-34-23/h1-14H/b22-13-. The van der Waals surface area contributed by atoms with Gasteiger partial charge < -0.3 is 4.42 Å². The second-order valence-corrected chi connectivity index (χ2v) is 8.86. The molecule has 2 aromatic carbocycles. The van der Waals surface area contributed by atoms with Gasteiger partial charge in [-0.1, -0.05) is 42.5 Å². The monoisotopic (exact) mass is 470 g/mol. The number of thiazole rings is 1. The van der Waals surface area contributed by atoms with E-state index in [0.717, 1.165) is 26.7 Å². The minimum atomic E-state index is -0.216. The number of nitrogens with zero attached hydrogens (tertiary/aromatic N) is 4. The lowest BCUT2D eigenvalue weighted by Gasteiger charge is -2.08. The van der Waals surface area contributed by atoms with Gasteiger partial charge in [-0.25, -0.2) is 4.98 Å². The van der Waals surface area contributed by atoms with E-state index in [9.17, 15) is 15.3 Å². The van der Waals surface area contributed by atoms with Crippen LogP contribution in [0.15, 0.2) is 94.6 Å². The number of Topliss-reactive ketones (excluding diaryl/α,β-unsaturated/α-hetero) is 1. The van der Waals surface area contributed by atoms with E-state index in [0.29, 0.717) is 28.0 Å². The molecule has 0 bridgehead atoms. The third kappa shape index (κ3) is 3.23. The Kier molecular flexibility index (Phi) is 4.77. The van der Waals surface area contributed by atoms with Crippen molar-refractivity contribution in [3.63, 3.8) is 0 Å². The van der Waals surface area contributed by atoms with Crippen molar-refractivity contribution in [3.05, 3.63) is 107 Å². The molecule has 1 aliphatic rings. The molecule has 6 nitrogen and oxygen atoms in total. The Bertz CT molecular complexity index is 1760. The van der Waals surface area contributed by atoms with Crippen LogP contribution in [0.2, 0.25) is 0 Å². The second kappa shape index (κ2) is 8.11. The van der Waals surface area contributed by atoms with Crippen molar-refractivity contribution < 1.29 is 9.21 Å². The lowest BCUT2D eigenvalue weighted by molar-refractivity contribution is 0.104. The Labute approximate surface area is 203 Å². The van der Waals surface area contributed by atoms with Crippen molar-refractivity contribution in [3.8, 4) is 28.6 Å². The highest BCUT2D eigenvalue weighted by Gasteiger charge is 2.32. The van der Waals surface area contributed by atoms with E-state index in [4.69, 9.17) is 9.40 Å². The summed E-state index contributed by atoms with van der Waals surface area (Å²) in [5.41, 5.74) is 4.00. The summed E-state index contributed by atoms with van der Waals surface area (Å²) in [6.07, 6.45) is 3.36. The van der Waals surface area contributed by atoms with Gasteiger partial charge in [0.2, 0.25) is 0 Å². The highest BCUT2D eigenvalue weighted by molar-refractivity contribution is 7.21. The predicted octanol–water partition coefficient (Wildman–Crippen LogP) is 6.43. The lowest BCUT2D eigenvalue weighted by Crippen LogP contribution is -2.00. The van der Waals surface area contributed by atoms with Gasteiger partial charge in [-0.15, -0.1) is 11.3 Å². The molecule has 0 amide bonds. The van der Waals surface area contributed by atoms with Crippen LogP contribution in [-0.2, 0) is 0 Å². The molecule has 0 radical (unpaired) electrons. The molecule has 0 atom stereocenters. The fourth-order valence-electron chi connectivity index (χ4n) is 4.35. The Morgan fingerprint density at radius 1 is 0.971 bits per heavy atom. The summed E-state index contributed by atoms with van der Waals surface area (Å²) in [6.45, 7) is 0. The number of aromatic nitrogens is 2. The van der Waals surface area contributed by atoms with E-state index in [1.807, 2.05) is 65.2 Å². The fraction of sp³-hybridized carbons (Fsp3) is 0. The SMILES string of the molecule is N#CC(C#N)=C1/C(=C/c2cc3sc(-c4ccco4)nc3n2-c2ccccc2)C(=O)c2ccccc21. The number of carbonyl (C=O) groups excluding carboxylic acids is 1. The molecular formula is C28H14N4O2S. The third-order valence-corrected chi connectivity index (χ3v) is 6.86. The molecule has 0 N–H and O–H groups in total. The van der Waals surface area contributed by atoms with Crippen molar-refractivity contribution in [2.45, 2.75) is 0 Å². The normalized spacial score (nSPS) is 13.7. The van der Waals surface area contributed by atoms with Crippen LogP contribution in [0.1, 0.15) is 21.6 Å². The van der Waals surface area contributed by atoms with Gasteiger partial charge in [-0.05, 0) is 42.0 Å². The molecule has 0 spiro atoms. The van der Waals surface area contributed by atoms with Crippen LogP contribution in [0, 0.1) is 22.7 Å². The van der Waals surface area contributed by atoms with Gasteiger partial charge >= 0.3 is 0 Å².